The Morgan fingerprint density at radius 2 is 2.03 bits per heavy atom. The Morgan fingerprint density at radius 3 is 2.71 bits per heavy atom. The van der Waals surface area contributed by atoms with Crippen molar-refractivity contribution >= 4 is 17.7 Å². The van der Waals surface area contributed by atoms with E-state index in [4.69, 9.17) is 4.74 Å². The van der Waals surface area contributed by atoms with E-state index in [-0.39, 0.29) is 5.56 Å². The molecule has 2 aliphatic heterocycles. The van der Waals surface area contributed by atoms with Crippen molar-refractivity contribution in [1.29, 1.82) is 0 Å². The predicted molar refractivity (Wildman–Crippen MR) is 114 cm³/mol. The molecule has 2 aromatic rings. The number of nitrogens with one attached hydrogen (secondary N) is 2. The minimum Gasteiger partial charge on any atom is -0.372 e. The van der Waals surface area contributed by atoms with Gasteiger partial charge in [-0.1, -0.05) is 18.2 Å². The highest BCUT2D eigenvalue weighted by molar-refractivity contribution is 5.79. The van der Waals surface area contributed by atoms with Crippen LogP contribution >= 0.6 is 0 Å². The Morgan fingerprint density at radius 1 is 1.26 bits per heavy atom. The summed E-state index contributed by atoms with van der Waals surface area (Å²) in [4.78, 5) is 10.8. The number of alkyl halides is 2. The van der Waals surface area contributed by atoms with E-state index in [9.17, 15) is 13.2 Å². The van der Waals surface area contributed by atoms with E-state index in [2.05, 4.69) is 20.6 Å². The average molecular weight is 433 g/mol. The second-order valence-corrected chi connectivity index (χ2v) is 8.03. The van der Waals surface area contributed by atoms with Crippen LogP contribution in [0.1, 0.15) is 42.5 Å². The Balaban J connectivity index is 1.70. The molecule has 2 aliphatic rings. The molecule has 1 aromatic heterocycles. The average Bonchev–Trinajstić information content (AvgIpc) is 3.24. The van der Waals surface area contributed by atoms with Crippen LogP contribution in [0.4, 0.5) is 24.8 Å². The monoisotopic (exact) mass is 433 g/mol. The molecule has 0 aliphatic carbocycles. The summed E-state index contributed by atoms with van der Waals surface area (Å²) >= 11 is 0. The van der Waals surface area contributed by atoms with E-state index < -0.39 is 29.4 Å². The number of hydrogen-bond donors (Lipinski definition) is 2. The van der Waals surface area contributed by atoms with Crippen LogP contribution in [-0.4, -0.2) is 49.4 Å². The minimum atomic E-state index is -2.87. The summed E-state index contributed by atoms with van der Waals surface area (Å²) in [5.41, 5.74) is 1.03. The largest absolute Gasteiger partial charge is 0.372 e. The number of methoxy groups -OCH3 is 1. The summed E-state index contributed by atoms with van der Waals surface area (Å²) in [6, 6.07) is 3.47. The van der Waals surface area contributed by atoms with Crippen molar-refractivity contribution in [3.05, 3.63) is 52.6 Å². The van der Waals surface area contributed by atoms with Crippen LogP contribution in [0.2, 0.25) is 0 Å². The molecule has 6 nitrogen and oxygen atoms in total. The van der Waals surface area contributed by atoms with Gasteiger partial charge in [0, 0.05) is 32.8 Å². The van der Waals surface area contributed by atoms with Crippen molar-refractivity contribution in [3.63, 3.8) is 0 Å². The number of halogens is 3. The first-order valence-electron chi connectivity index (χ1n) is 10.2. The Bertz CT molecular complexity index is 991. The van der Waals surface area contributed by atoms with Crippen LogP contribution < -0.4 is 15.5 Å². The highest BCUT2D eigenvalue weighted by Gasteiger charge is 2.40. The second kappa shape index (κ2) is 8.47. The van der Waals surface area contributed by atoms with Crippen LogP contribution in [0.15, 0.2) is 30.1 Å². The van der Waals surface area contributed by atoms with E-state index in [1.54, 1.807) is 14.0 Å². The Kier molecular flexibility index (Phi) is 5.90. The lowest BCUT2D eigenvalue weighted by molar-refractivity contribution is 0.0393. The van der Waals surface area contributed by atoms with Crippen LogP contribution in [0.25, 0.3) is 6.08 Å². The van der Waals surface area contributed by atoms with Gasteiger partial charge in [0.1, 0.15) is 29.4 Å². The fourth-order valence-corrected chi connectivity index (χ4v) is 4.37. The van der Waals surface area contributed by atoms with E-state index in [1.807, 2.05) is 18.0 Å². The Labute approximate surface area is 179 Å². The maximum atomic E-state index is 14.6. The molecule has 0 radical (unpaired) electrons. The third kappa shape index (κ3) is 3.87. The van der Waals surface area contributed by atoms with Gasteiger partial charge in [-0.05, 0) is 31.5 Å². The summed E-state index contributed by atoms with van der Waals surface area (Å²) in [6.07, 6.45) is 1.46. The first kappa shape index (κ1) is 21.6. The maximum Gasteiger partial charge on any atom is 0.266 e. The van der Waals surface area contributed by atoms with Crippen LogP contribution in [0.5, 0.6) is 0 Å². The number of anilines is 2. The number of hydrogen-bond acceptors (Lipinski definition) is 6. The van der Waals surface area contributed by atoms with E-state index in [1.165, 1.54) is 18.5 Å². The fraction of sp³-hybridized carbons (Fsp3) is 0.455. The molecular weight excluding hydrogens is 407 g/mol. The van der Waals surface area contributed by atoms with Crippen molar-refractivity contribution in [2.45, 2.75) is 31.4 Å². The molecule has 1 fully saturated rings. The zero-order valence-corrected chi connectivity index (χ0v) is 17.8. The molecule has 0 saturated carbocycles. The van der Waals surface area contributed by atoms with Crippen LogP contribution in [0.3, 0.4) is 0 Å². The first-order valence-corrected chi connectivity index (χ1v) is 10.2. The van der Waals surface area contributed by atoms with E-state index in [0.717, 1.165) is 42.5 Å². The summed E-state index contributed by atoms with van der Waals surface area (Å²) in [5, 5.41) is 6.55. The molecule has 9 heteroatoms. The van der Waals surface area contributed by atoms with Gasteiger partial charge in [0.15, 0.2) is 0 Å². The van der Waals surface area contributed by atoms with Gasteiger partial charge in [-0.2, -0.15) is 0 Å². The molecule has 31 heavy (non-hydrogen) atoms. The third-order valence-corrected chi connectivity index (χ3v) is 6.16. The first-order chi connectivity index (χ1) is 14.9. The maximum absolute atomic E-state index is 14.6. The molecule has 1 saturated heterocycles. The van der Waals surface area contributed by atoms with Gasteiger partial charge >= 0.3 is 0 Å². The highest BCUT2D eigenvalue weighted by atomic mass is 19.3. The second-order valence-electron chi connectivity index (χ2n) is 8.03. The Hall–Kier alpha value is -2.65. The van der Waals surface area contributed by atoms with Crippen molar-refractivity contribution in [2.24, 2.45) is 0 Å². The smallest absolute Gasteiger partial charge is 0.266 e. The summed E-state index contributed by atoms with van der Waals surface area (Å²) < 4.78 is 46.8. The highest BCUT2D eigenvalue weighted by Crippen LogP contribution is 2.38. The molecule has 1 unspecified atom stereocenters. The molecule has 4 rings (SSSR count). The predicted octanol–water partition coefficient (Wildman–Crippen LogP) is 3.94. The lowest BCUT2D eigenvalue weighted by Gasteiger charge is -2.36. The topological polar surface area (TPSA) is 62.3 Å². The van der Waals surface area contributed by atoms with Gasteiger partial charge in [-0.3, -0.25) is 0 Å². The standard InChI is InChI=1S/C22H26F3N5O/c1-13(15-5-4-6-16(18(15)23)19(24)25)29-20-17-9-14(22(31-3)7-8-26-11-22)10-30(2)21(17)28-12-27-20/h4-6,9,12-13,19,26H,7-8,10-11H2,1-3H3,(H,27,28,29)/t13-,22?/m1/s1. The van der Waals surface area contributed by atoms with Gasteiger partial charge < -0.3 is 20.3 Å². The molecule has 0 bridgehead atoms. The number of nitrogens with zero attached hydrogens (tertiary/aromatic N) is 3. The van der Waals surface area contributed by atoms with E-state index >= 15 is 0 Å². The van der Waals surface area contributed by atoms with Crippen molar-refractivity contribution in [3.8, 4) is 0 Å². The van der Waals surface area contributed by atoms with Gasteiger partial charge in [0.25, 0.3) is 6.43 Å². The SMILES string of the molecule is COC1(C2=Cc3c(N[C@H](C)c4cccc(C(F)F)c4F)ncnc3N(C)C2)CCNC1. The van der Waals surface area contributed by atoms with Crippen molar-refractivity contribution in [2.75, 3.05) is 44.0 Å². The molecule has 2 atom stereocenters. The van der Waals surface area contributed by atoms with Crippen LogP contribution in [0, 0.1) is 5.82 Å². The minimum absolute atomic E-state index is 0.159. The molecule has 2 N–H and O–H groups in total. The lowest BCUT2D eigenvalue weighted by Crippen LogP contribution is -2.42. The number of rotatable bonds is 6. The van der Waals surface area contributed by atoms with Crippen molar-refractivity contribution in [1.82, 2.24) is 15.3 Å². The summed E-state index contributed by atoms with van der Waals surface area (Å²) in [7, 11) is 3.66. The number of likely N-dealkylation sites (N-methyl/N-ethyl adjacent to an activating group) is 1. The lowest BCUT2D eigenvalue weighted by atomic mass is 9.88. The zero-order valence-electron chi connectivity index (χ0n) is 17.8. The summed E-state index contributed by atoms with van der Waals surface area (Å²) in [5.74, 6) is 0.359. The number of ether oxygens (including phenoxy) is 1. The number of fused-ring (bicyclic) bond motifs is 1. The molecule has 1 aromatic carbocycles. The molecule has 166 valence electrons. The molecule has 0 spiro atoms. The quantitative estimate of drug-likeness (QED) is 0.720. The molecular formula is C22H26F3N5O. The summed E-state index contributed by atoms with van der Waals surface area (Å²) in [6.45, 7) is 3.97. The zero-order chi connectivity index (χ0) is 22.2. The number of aromatic nitrogens is 2. The van der Waals surface area contributed by atoms with Gasteiger partial charge in [-0.25, -0.2) is 23.1 Å². The normalized spacial score (nSPS) is 21.8. The van der Waals surface area contributed by atoms with Gasteiger partial charge in [0.2, 0.25) is 0 Å². The molecule has 3 heterocycles. The van der Waals surface area contributed by atoms with Gasteiger partial charge in [-0.15, -0.1) is 0 Å². The van der Waals surface area contributed by atoms with E-state index in [0.29, 0.717) is 12.4 Å². The number of benzene rings is 1. The van der Waals surface area contributed by atoms with Gasteiger partial charge in [0.05, 0.1) is 17.2 Å². The van der Waals surface area contributed by atoms with Crippen molar-refractivity contribution < 1.29 is 17.9 Å². The molecule has 0 amide bonds. The fourth-order valence-electron chi connectivity index (χ4n) is 4.37. The third-order valence-electron chi connectivity index (χ3n) is 6.16. The van der Waals surface area contributed by atoms with Crippen LogP contribution in [-0.2, 0) is 4.74 Å².